The van der Waals surface area contributed by atoms with E-state index in [4.69, 9.17) is 20.8 Å². The van der Waals surface area contributed by atoms with E-state index in [-0.39, 0.29) is 12.5 Å². The van der Waals surface area contributed by atoms with Crippen molar-refractivity contribution in [2.24, 2.45) is 0 Å². The SMILES string of the molecule is Cc1cccc(CN2CCN(C(=O)c3ccc(COc4cccc(Cl)c4)o3)CC2)c1. The maximum Gasteiger partial charge on any atom is 0.289 e. The number of ether oxygens (including phenoxy) is 1. The predicted molar refractivity (Wildman–Crippen MR) is 117 cm³/mol. The van der Waals surface area contributed by atoms with Crippen molar-refractivity contribution < 1.29 is 13.9 Å². The van der Waals surface area contributed by atoms with Crippen LogP contribution in [0, 0.1) is 6.92 Å². The Labute approximate surface area is 181 Å². The Morgan fingerprint density at radius 3 is 2.60 bits per heavy atom. The zero-order valence-electron chi connectivity index (χ0n) is 17.0. The number of aryl methyl sites for hydroxylation is 1. The Kier molecular flexibility index (Phi) is 6.41. The fourth-order valence-electron chi connectivity index (χ4n) is 3.62. The second kappa shape index (κ2) is 9.37. The van der Waals surface area contributed by atoms with Gasteiger partial charge < -0.3 is 14.1 Å². The van der Waals surface area contributed by atoms with Gasteiger partial charge in [0.2, 0.25) is 0 Å². The van der Waals surface area contributed by atoms with Crippen molar-refractivity contribution >= 4 is 17.5 Å². The molecule has 2 heterocycles. The molecule has 1 aromatic heterocycles. The number of nitrogens with zero attached hydrogens (tertiary/aromatic N) is 2. The summed E-state index contributed by atoms with van der Waals surface area (Å²) in [6, 6.07) is 19.3. The number of rotatable bonds is 6. The van der Waals surface area contributed by atoms with Gasteiger partial charge in [-0.05, 0) is 42.8 Å². The fraction of sp³-hybridized carbons (Fsp3) is 0.292. The average Bonchev–Trinajstić information content (AvgIpc) is 3.22. The van der Waals surface area contributed by atoms with Crippen LogP contribution < -0.4 is 4.74 Å². The molecule has 0 bridgehead atoms. The molecule has 1 saturated heterocycles. The summed E-state index contributed by atoms with van der Waals surface area (Å²) >= 11 is 5.96. The van der Waals surface area contributed by atoms with Crippen LogP contribution in [-0.4, -0.2) is 41.9 Å². The highest BCUT2D eigenvalue weighted by Crippen LogP contribution is 2.20. The maximum atomic E-state index is 12.8. The molecule has 1 amide bonds. The van der Waals surface area contributed by atoms with E-state index in [9.17, 15) is 4.79 Å². The molecule has 30 heavy (non-hydrogen) atoms. The van der Waals surface area contributed by atoms with Gasteiger partial charge in [-0.3, -0.25) is 9.69 Å². The van der Waals surface area contributed by atoms with E-state index in [0.29, 0.717) is 35.4 Å². The van der Waals surface area contributed by atoms with Crippen LogP contribution in [0.5, 0.6) is 5.75 Å². The van der Waals surface area contributed by atoms with Crippen LogP contribution in [0.3, 0.4) is 0 Å². The summed E-state index contributed by atoms with van der Waals surface area (Å²) in [7, 11) is 0. The molecule has 5 nitrogen and oxygen atoms in total. The van der Waals surface area contributed by atoms with Gasteiger partial charge in [0, 0.05) is 37.7 Å². The second-order valence-corrected chi connectivity index (χ2v) is 8.01. The zero-order chi connectivity index (χ0) is 20.9. The van der Waals surface area contributed by atoms with Crippen LogP contribution >= 0.6 is 11.6 Å². The molecule has 1 aliphatic rings. The number of hydrogen-bond donors (Lipinski definition) is 0. The molecule has 156 valence electrons. The molecule has 0 N–H and O–H groups in total. The minimum Gasteiger partial charge on any atom is -0.486 e. The van der Waals surface area contributed by atoms with Crippen molar-refractivity contribution in [1.82, 2.24) is 9.80 Å². The maximum absolute atomic E-state index is 12.8. The average molecular weight is 425 g/mol. The van der Waals surface area contributed by atoms with Gasteiger partial charge in [-0.2, -0.15) is 0 Å². The lowest BCUT2D eigenvalue weighted by atomic mass is 10.1. The van der Waals surface area contributed by atoms with E-state index in [1.54, 1.807) is 24.3 Å². The molecule has 0 unspecified atom stereocenters. The number of amides is 1. The number of benzene rings is 2. The van der Waals surface area contributed by atoms with Crippen LogP contribution in [0.1, 0.15) is 27.4 Å². The monoisotopic (exact) mass is 424 g/mol. The van der Waals surface area contributed by atoms with Crippen LogP contribution in [0.4, 0.5) is 0 Å². The fourth-order valence-corrected chi connectivity index (χ4v) is 3.80. The van der Waals surface area contributed by atoms with Gasteiger partial charge in [0.1, 0.15) is 18.1 Å². The molecule has 2 aromatic carbocycles. The molecular formula is C24H25ClN2O3. The topological polar surface area (TPSA) is 45.9 Å². The largest absolute Gasteiger partial charge is 0.486 e. The number of carbonyl (C=O) groups excluding carboxylic acids is 1. The first-order valence-electron chi connectivity index (χ1n) is 10.1. The van der Waals surface area contributed by atoms with Crippen molar-refractivity contribution in [3.05, 3.63) is 88.3 Å². The number of hydrogen-bond acceptors (Lipinski definition) is 4. The van der Waals surface area contributed by atoms with Crippen molar-refractivity contribution in [3.8, 4) is 5.75 Å². The summed E-state index contributed by atoms with van der Waals surface area (Å²) in [5.74, 6) is 1.55. The Morgan fingerprint density at radius 1 is 1.03 bits per heavy atom. The van der Waals surface area contributed by atoms with E-state index in [1.165, 1.54) is 11.1 Å². The number of piperazine rings is 1. The highest BCUT2D eigenvalue weighted by atomic mass is 35.5. The zero-order valence-corrected chi connectivity index (χ0v) is 17.8. The summed E-state index contributed by atoms with van der Waals surface area (Å²) in [5.41, 5.74) is 2.58. The van der Waals surface area contributed by atoms with E-state index in [0.717, 1.165) is 19.6 Å². The van der Waals surface area contributed by atoms with E-state index < -0.39 is 0 Å². The summed E-state index contributed by atoms with van der Waals surface area (Å²) in [6.45, 7) is 6.36. The second-order valence-electron chi connectivity index (χ2n) is 7.57. The number of halogens is 1. The first-order valence-corrected chi connectivity index (χ1v) is 10.5. The highest BCUT2D eigenvalue weighted by Gasteiger charge is 2.24. The van der Waals surface area contributed by atoms with Crippen LogP contribution in [-0.2, 0) is 13.2 Å². The molecule has 1 fully saturated rings. The first kappa shape index (κ1) is 20.5. The summed E-state index contributed by atoms with van der Waals surface area (Å²) in [4.78, 5) is 17.0. The molecular weight excluding hydrogens is 400 g/mol. The van der Waals surface area contributed by atoms with E-state index >= 15 is 0 Å². The summed E-state index contributed by atoms with van der Waals surface area (Å²) in [6.07, 6.45) is 0. The van der Waals surface area contributed by atoms with Crippen LogP contribution in [0.2, 0.25) is 5.02 Å². The third-order valence-corrected chi connectivity index (χ3v) is 5.43. The molecule has 0 saturated carbocycles. The van der Waals surface area contributed by atoms with Gasteiger partial charge in [-0.25, -0.2) is 0 Å². The molecule has 0 atom stereocenters. The quantitative estimate of drug-likeness (QED) is 0.571. The standard InChI is InChI=1S/C24H25ClN2O3/c1-18-4-2-5-19(14-18)16-26-10-12-27(13-11-26)24(28)23-9-8-22(30-23)17-29-21-7-3-6-20(25)15-21/h2-9,14-15H,10-13,16-17H2,1H3. The summed E-state index contributed by atoms with van der Waals surface area (Å²) < 4.78 is 11.4. The lowest BCUT2D eigenvalue weighted by molar-refractivity contribution is 0.0594. The van der Waals surface area contributed by atoms with Gasteiger partial charge in [0.25, 0.3) is 5.91 Å². The molecule has 0 spiro atoms. The predicted octanol–water partition coefficient (Wildman–Crippen LogP) is 4.78. The molecule has 1 aliphatic heterocycles. The van der Waals surface area contributed by atoms with Crippen molar-refractivity contribution in [1.29, 1.82) is 0 Å². The highest BCUT2D eigenvalue weighted by molar-refractivity contribution is 6.30. The van der Waals surface area contributed by atoms with Gasteiger partial charge in [0.05, 0.1) is 0 Å². The number of furan rings is 1. The van der Waals surface area contributed by atoms with Gasteiger partial charge in [-0.15, -0.1) is 0 Å². The van der Waals surface area contributed by atoms with Crippen molar-refractivity contribution in [3.63, 3.8) is 0 Å². The lowest BCUT2D eigenvalue weighted by Crippen LogP contribution is -2.48. The smallest absolute Gasteiger partial charge is 0.289 e. The molecule has 0 radical (unpaired) electrons. The normalized spacial score (nSPS) is 14.7. The van der Waals surface area contributed by atoms with E-state index in [2.05, 4.69) is 36.1 Å². The molecule has 3 aromatic rings. The third kappa shape index (κ3) is 5.23. The van der Waals surface area contributed by atoms with Crippen LogP contribution in [0.15, 0.2) is 65.1 Å². The first-order chi connectivity index (χ1) is 14.6. The minimum absolute atomic E-state index is 0.0702. The van der Waals surface area contributed by atoms with Gasteiger partial charge in [0.15, 0.2) is 5.76 Å². The lowest BCUT2D eigenvalue weighted by Gasteiger charge is -2.34. The van der Waals surface area contributed by atoms with Gasteiger partial charge >= 0.3 is 0 Å². The minimum atomic E-state index is -0.0702. The van der Waals surface area contributed by atoms with Gasteiger partial charge in [-0.1, -0.05) is 47.5 Å². The molecule has 4 rings (SSSR count). The third-order valence-electron chi connectivity index (χ3n) is 5.20. The molecule has 6 heteroatoms. The molecule has 0 aliphatic carbocycles. The number of carbonyl (C=O) groups is 1. The Hall–Kier alpha value is -2.76. The Bertz CT molecular complexity index is 1010. The van der Waals surface area contributed by atoms with E-state index in [1.807, 2.05) is 17.0 Å². The summed E-state index contributed by atoms with van der Waals surface area (Å²) in [5, 5.41) is 0.615. The van der Waals surface area contributed by atoms with Crippen LogP contribution in [0.25, 0.3) is 0 Å². The Balaban J connectivity index is 1.28. The van der Waals surface area contributed by atoms with Crippen molar-refractivity contribution in [2.45, 2.75) is 20.1 Å². The van der Waals surface area contributed by atoms with Crippen molar-refractivity contribution in [2.75, 3.05) is 26.2 Å². The Morgan fingerprint density at radius 2 is 1.83 bits per heavy atom.